The molecular weight excluding hydrogens is 264 g/mol. The van der Waals surface area contributed by atoms with Crippen molar-refractivity contribution in [2.45, 2.75) is 39.2 Å². The van der Waals surface area contributed by atoms with Crippen molar-refractivity contribution in [2.24, 2.45) is 5.92 Å². The normalized spacial score (nSPS) is 24.4. The molecule has 2 aliphatic heterocycles. The SMILES string of the molecule is Cc1cnc(NC2CCN(CC3CCOC3)CC2)nc1C. The largest absolute Gasteiger partial charge is 0.381 e. The molecule has 21 heavy (non-hydrogen) atoms. The molecular formula is C16H26N4O. The van der Waals surface area contributed by atoms with E-state index in [1.54, 1.807) is 0 Å². The second-order valence-electron chi connectivity index (χ2n) is 6.41. The zero-order chi connectivity index (χ0) is 14.7. The number of nitrogens with zero attached hydrogens (tertiary/aromatic N) is 3. The molecule has 0 spiro atoms. The molecule has 0 saturated carbocycles. The predicted octanol–water partition coefficient (Wildman–Crippen LogP) is 2.01. The van der Waals surface area contributed by atoms with Gasteiger partial charge >= 0.3 is 0 Å². The van der Waals surface area contributed by atoms with Crippen molar-refractivity contribution in [3.63, 3.8) is 0 Å². The number of likely N-dealkylation sites (tertiary alicyclic amines) is 1. The number of anilines is 1. The lowest BCUT2D eigenvalue weighted by Crippen LogP contribution is -2.41. The van der Waals surface area contributed by atoms with Gasteiger partial charge in [-0.15, -0.1) is 0 Å². The molecule has 0 aromatic carbocycles. The van der Waals surface area contributed by atoms with E-state index in [0.29, 0.717) is 6.04 Å². The minimum absolute atomic E-state index is 0.503. The Morgan fingerprint density at radius 1 is 1.29 bits per heavy atom. The van der Waals surface area contributed by atoms with Crippen LogP contribution in [0.15, 0.2) is 6.20 Å². The summed E-state index contributed by atoms with van der Waals surface area (Å²) in [5, 5.41) is 3.49. The first-order valence-corrected chi connectivity index (χ1v) is 8.07. The number of aromatic nitrogens is 2. The maximum atomic E-state index is 5.46. The lowest BCUT2D eigenvalue weighted by Gasteiger charge is -2.33. The summed E-state index contributed by atoms with van der Waals surface area (Å²) in [6, 6.07) is 0.503. The van der Waals surface area contributed by atoms with Gasteiger partial charge in [0.2, 0.25) is 5.95 Å². The Bertz CT molecular complexity index is 465. The summed E-state index contributed by atoms with van der Waals surface area (Å²) < 4.78 is 5.46. The minimum Gasteiger partial charge on any atom is -0.381 e. The number of hydrogen-bond acceptors (Lipinski definition) is 5. The van der Waals surface area contributed by atoms with Crippen LogP contribution in [0.4, 0.5) is 5.95 Å². The van der Waals surface area contributed by atoms with Gasteiger partial charge in [-0.1, -0.05) is 0 Å². The summed E-state index contributed by atoms with van der Waals surface area (Å²) in [5.74, 6) is 1.53. The first-order chi connectivity index (χ1) is 10.2. The summed E-state index contributed by atoms with van der Waals surface area (Å²) in [7, 11) is 0. The Hall–Kier alpha value is -1.20. The van der Waals surface area contributed by atoms with Gasteiger partial charge in [-0.25, -0.2) is 9.97 Å². The molecule has 1 aromatic rings. The summed E-state index contributed by atoms with van der Waals surface area (Å²) in [6.45, 7) is 9.52. The van der Waals surface area contributed by atoms with E-state index >= 15 is 0 Å². The average Bonchev–Trinajstić information content (AvgIpc) is 2.98. The van der Waals surface area contributed by atoms with Crippen molar-refractivity contribution in [3.8, 4) is 0 Å². The summed E-state index contributed by atoms with van der Waals surface area (Å²) >= 11 is 0. The van der Waals surface area contributed by atoms with E-state index in [0.717, 1.165) is 36.3 Å². The highest BCUT2D eigenvalue weighted by Gasteiger charge is 2.24. The van der Waals surface area contributed by atoms with E-state index in [-0.39, 0.29) is 0 Å². The van der Waals surface area contributed by atoms with Crippen molar-refractivity contribution >= 4 is 5.95 Å². The van der Waals surface area contributed by atoms with Gasteiger partial charge in [0, 0.05) is 44.2 Å². The van der Waals surface area contributed by atoms with E-state index in [9.17, 15) is 0 Å². The van der Waals surface area contributed by atoms with Crippen LogP contribution in [0.1, 0.15) is 30.5 Å². The maximum Gasteiger partial charge on any atom is 0.223 e. The predicted molar refractivity (Wildman–Crippen MR) is 83.5 cm³/mol. The molecule has 3 heterocycles. The van der Waals surface area contributed by atoms with E-state index in [2.05, 4.69) is 20.2 Å². The molecule has 0 radical (unpaired) electrons. The van der Waals surface area contributed by atoms with Crippen LogP contribution >= 0.6 is 0 Å². The van der Waals surface area contributed by atoms with Gasteiger partial charge in [0.05, 0.1) is 6.61 Å². The average molecular weight is 290 g/mol. The fourth-order valence-electron chi connectivity index (χ4n) is 3.13. The molecule has 2 fully saturated rings. The minimum atomic E-state index is 0.503. The lowest BCUT2D eigenvalue weighted by molar-refractivity contribution is 0.154. The molecule has 0 aliphatic carbocycles. The van der Waals surface area contributed by atoms with E-state index in [1.165, 1.54) is 38.9 Å². The number of ether oxygens (including phenoxy) is 1. The van der Waals surface area contributed by atoms with Crippen molar-refractivity contribution in [1.82, 2.24) is 14.9 Å². The number of hydrogen-bond donors (Lipinski definition) is 1. The van der Waals surface area contributed by atoms with Gasteiger partial charge < -0.3 is 15.0 Å². The van der Waals surface area contributed by atoms with Gasteiger partial charge in [0.25, 0.3) is 0 Å². The van der Waals surface area contributed by atoms with Gasteiger partial charge in [-0.2, -0.15) is 0 Å². The van der Waals surface area contributed by atoms with Crippen LogP contribution < -0.4 is 5.32 Å². The van der Waals surface area contributed by atoms with Gasteiger partial charge in [-0.05, 0) is 44.6 Å². The smallest absolute Gasteiger partial charge is 0.223 e. The monoisotopic (exact) mass is 290 g/mol. The van der Waals surface area contributed by atoms with Crippen molar-refractivity contribution in [3.05, 3.63) is 17.5 Å². The molecule has 2 saturated heterocycles. The topological polar surface area (TPSA) is 50.3 Å². The highest BCUT2D eigenvalue weighted by atomic mass is 16.5. The zero-order valence-corrected chi connectivity index (χ0v) is 13.1. The van der Waals surface area contributed by atoms with Crippen LogP contribution in [-0.2, 0) is 4.74 Å². The zero-order valence-electron chi connectivity index (χ0n) is 13.1. The van der Waals surface area contributed by atoms with Gasteiger partial charge in [0.1, 0.15) is 0 Å². The fourth-order valence-corrected chi connectivity index (χ4v) is 3.13. The van der Waals surface area contributed by atoms with E-state index in [4.69, 9.17) is 4.74 Å². The first-order valence-electron chi connectivity index (χ1n) is 8.07. The molecule has 1 atom stereocenters. The van der Waals surface area contributed by atoms with Crippen molar-refractivity contribution in [1.29, 1.82) is 0 Å². The maximum absolute atomic E-state index is 5.46. The Morgan fingerprint density at radius 2 is 2.10 bits per heavy atom. The molecule has 2 aliphatic rings. The third-order valence-corrected chi connectivity index (χ3v) is 4.69. The molecule has 1 aromatic heterocycles. The molecule has 3 rings (SSSR count). The second kappa shape index (κ2) is 6.71. The number of piperidine rings is 1. The number of rotatable bonds is 4. The lowest BCUT2D eigenvalue weighted by atomic mass is 10.0. The molecule has 0 bridgehead atoms. The third kappa shape index (κ3) is 3.92. The quantitative estimate of drug-likeness (QED) is 0.919. The van der Waals surface area contributed by atoms with Crippen LogP contribution in [0.3, 0.4) is 0 Å². The standard InChI is InChI=1S/C16H26N4O/c1-12-9-17-16(18-13(12)2)19-15-3-6-20(7-4-15)10-14-5-8-21-11-14/h9,14-15H,3-8,10-11H2,1-2H3,(H,17,18,19). The second-order valence-corrected chi connectivity index (χ2v) is 6.41. The van der Waals surface area contributed by atoms with Crippen LogP contribution in [-0.4, -0.2) is 53.8 Å². The van der Waals surface area contributed by atoms with Gasteiger partial charge in [-0.3, -0.25) is 0 Å². The van der Waals surface area contributed by atoms with Crippen LogP contribution in [0, 0.1) is 19.8 Å². The van der Waals surface area contributed by atoms with Crippen LogP contribution in [0.25, 0.3) is 0 Å². The van der Waals surface area contributed by atoms with Crippen LogP contribution in [0.5, 0.6) is 0 Å². The Balaban J connectivity index is 1.45. The first kappa shape index (κ1) is 14.7. The number of nitrogens with one attached hydrogen (secondary N) is 1. The van der Waals surface area contributed by atoms with Crippen molar-refractivity contribution in [2.75, 3.05) is 38.2 Å². The number of aryl methyl sites for hydroxylation is 2. The molecule has 1 N–H and O–H groups in total. The Morgan fingerprint density at radius 3 is 2.76 bits per heavy atom. The van der Waals surface area contributed by atoms with Crippen LogP contribution in [0.2, 0.25) is 0 Å². The fraction of sp³-hybridized carbons (Fsp3) is 0.750. The van der Waals surface area contributed by atoms with Crippen molar-refractivity contribution < 1.29 is 4.74 Å². The Kier molecular flexibility index (Phi) is 4.70. The summed E-state index contributed by atoms with van der Waals surface area (Å²) in [5.41, 5.74) is 2.21. The molecule has 5 heteroatoms. The summed E-state index contributed by atoms with van der Waals surface area (Å²) in [4.78, 5) is 11.5. The van der Waals surface area contributed by atoms with E-state index in [1.807, 2.05) is 20.0 Å². The molecule has 0 amide bonds. The molecule has 1 unspecified atom stereocenters. The summed E-state index contributed by atoms with van der Waals surface area (Å²) in [6.07, 6.45) is 5.47. The van der Waals surface area contributed by atoms with Gasteiger partial charge in [0.15, 0.2) is 0 Å². The Labute approximate surface area is 127 Å². The van der Waals surface area contributed by atoms with E-state index < -0.39 is 0 Å². The highest BCUT2D eigenvalue weighted by Crippen LogP contribution is 2.19. The third-order valence-electron chi connectivity index (χ3n) is 4.69. The molecule has 5 nitrogen and oxygen atoms in total. The highest BCUT2D eigenvalue weighted by molar-refractivity contribution is 5.29. The molecule has 116 valence electrons.